The van der Waals surface area contributed by atoms with Gasteiger partial charge in [0.25, 0.3) is 0 Å². The molecule has 1 rings (SSSR count). The highest BCUT2D eigenvalue weighted by molar-refractivity contribution is 8.00. The van der Waals surface area contributed by atoms with Crippen molar-refractivity contribution in [1.29, 1.82) is 0 Å². The van der Waals surface area contributed by atoms with Crippen LogP contribution >= 0.6 is 11.8 Å². The predicted octanol–water partition coefficient (Wildman–Crippen LogP) is 2.13. The quantitative estimate of drug-likeness (QED) is 0.622. The predicted molar refractivity (Wildman–Crippen MR) is 48.0 cm³/mol. The Morgan fingerprint density at radius 2 is 2.30 bits per heavy atom. The van der Waals surface area contributed by atoms with Crippen LogP contribution in [0.2, 0.25) is 0 Å². The van der Waals surface area contributed by atoms with Crippen LogP contribution in [0.5, 0.6) is 0 Å². The van der Waals surface area contributed by atoms with E-state index in [4.69, 9.17) is 0 Å². The van der Waals surface area contributed by atoms with Crippen LogP contribution in [-0.4, -0.2) is 11.1 Å². The Morgan fingerprint density at radius 1 is 1.60 bits per heavy atom. The molecule has 0 aromatic rings. The molecule has 1 aliphatic heterocycles. The van der Waals surface area contributed by atoms with Crippen molar-refractivity contribution in [2.75, 3.05) is 6.26 Å². The standard InChI is InChI=1S/C8H13NS/c1-7-5-4-6-9-8(7,2)10-3/h4-6,9H,1-3H3. The largest absolute Gasteiger partial charge is 0.373 e. The van der Waals surface area contributed by atoms with Crippen LogP contribution in [-0.2, 0) is 0 Å². The van der Waals surface area contributed by atoms with Gasteiger partial charge in [0.15, 0.2) is 0 Å². The highest BCUT2D eigenvalue weighted by Crippen LogP contribution is 2.29. The molecule has 1 nitrogen and oxygen atoms in total. The topological polar surface area (TPSA) is 12.0 Å². The lowest BCUT2D eigenvalue weighted by Gasteiger charge is -2.31. The van der Waals surface area contributed by atoms with Gasteiger partial charge in [-0.25, -0.2) is 0 Å². The molecule has 0 aromatic heterocycles. The van der Waals surface area contributed by atoms with Gasteiger partial charge < -0.3 is 5.32 Å². The summed E-state index contributed by atoms with van der Waals surface area (Å²) in [5, 5.41) is 3.31. The maximum Gasteiger partial charge on any atom is 0.101 e. The summed E-state index contributed by atoms with van der Waals surface area (Å²) in [7, 11) is 0. The molecular formula is C8H13NS. The number of rotatable bonds is 1. The lowest BCUT2D eigenvalue weighted by Crippen LogP contribution is -2.37. The van der Waals surface area contributed by atoms with Gasteiger partial charge in [-0.2, -0.15) is 0 Å². The number of dihydropyridines is 1. The van der Waals surface area contributed by atoms with E-state index in [9.17, 15) is 0 Å². The number of nitrogens with one attached hydrogen (secondary N) is 1. The molecule has 0 bridgehead atoms. The van der Waals surface area contributed by atoms with Crippen molar-refractivity contribution in [3.05, 3.63) is 23.9 Å². The molecule has 0 fully saturated rings. The van der Waals surface area contributed by atoms with E-state index in [1.807, 2.05) is 24.0 Å². The van der Waals surface area contributed by atoms with Gasteiger partial charge in [0.05, 0.1) is 0 Å². The summed E-state index contributed by atoms with van der Waals surface area (Å²) >= 11 is 1.83. The Hall–Kier alpha value is -0.370. The third-order valence-corrected chi connectivity index (χ3v) is 3.22. The van der Waals surface area contributed by atoms with Crippen LogP contribution in [0.1, 0.15) is 13.8 Å². The minimum absolute atomic E-state index is 0.120. The first-order valence-corrected chi connectivity index (χ1v) is 4.58. The average Bonchev–Trinajstić information content (AvgIpc) is 1.96. The highest BCUT2D eigenvalue weighted by atomic mass is 32.2. The maximum absolute atomic E-state index is 3.31. The Balaban J connectivity index is 2.81. The van der Waals surface area contributed by atoms with Gasteiger partial charge in [0, 0.05) is 0 Å². The minimum Gasteiger partial charge on any atom is -0.373 e. The summed E-state index contributed by atoms with van der Waals surface area (Å²) < 4.78 is 0. The van der Waals surface area contributed by atoms with Crippen molar-refractivity contribution in [3.63, 3.8) is 0 Å². The van der Waals surface area contributed by atoms with E-state index in [2.05, 4.69) is 31.5 Å². The Bertz CT molecular complexity index is 184. The van der Waals surface area contributed by atoms with Gasteiger partial charge in [0.2, 0.25) is 0 Å². The molecule has 0 aliphatic carbocycles. The van der Waals surface area contributed by atoms with E-state index >= 15 is 0 Å². The van der Waals surface area contributed by atoms with Crippen LogP contribution in [0, 0.1) is 0 Å². The molecule has 0 radical (unpaired) electrons. The fourth-order valence-corrected chi connectivity index (χ4v) is 1.47. The van der Waals surface area contributed by atoms with Crippen LogP contribution in [0.4, 0.5) is 0 Å². The monoisotopic (exact) mass is 155 g/mol. The summed E-state index contributed by atoms with van der Waals surface area (Å²) in [4.78, 5) is 0.120. The molecule has 0 amide bonds. The van der Waals surface area contributed by atoms with E-state index in [-0.39, 0.29) is 4.87 Å². The van der Waals surface area contributed by atoms with Crippen molar-refractivity contribution in [3.8, 4) is 0 Å². The second kappa shape index (κ2) is 2.70. The molecule has 56 valence electrons. The molecule has 10 heavy (non-hydrogen) atoms. The van der Waals surface area contributed by atoms with Crippen LogP contribution < -0.4 is 5.32 Å². The van der Waals surface area contributed by atoms with Crippen molar-refractivity contribution in [2.24, 2.45) is 0 Å². The first-order valence-electron chi connectivity index (χ1n) is 3.36. The first-order chi connectivity index (χ1) is 4.69. The van der Waals surface area contributed by atoms with Gasteiger partial charge in [0.1, 0.15) is 4.87 Å². The number of hydrogen-bond donors (Lipinski definition) is 1. The third kappa shape index (κ3) is 1.21. The molecule has 1 N–H and O–H groups in total. The van der Waals surface area contributed by atoms with Crippen molar-refractivity contribution in [1.82, 2.24) is 5.32 Å². The van der Waals surface area contributed by atoms with Crippen LogP contribution in [0.25, 0.3) is 0 Å². The zero-order valence-electron chi connectivity index (χ0n) is 6.64. The van der Waals surface area contributed by atoms with Gasteiger partial charge >= 0.3 is 0 Å². The Kier molecular flexibility index (Phi) is 2.09. The Morgan fingerprint density at radius 3 is 2.70 bits per heavy atom. The van der Waals surface area contributed by atoms with Crippen molar-refractivity contribution < 1.29 is 0 Å². The normalized spacial score (nSPS) is 31.3. The third-order valence-electron chi connectivity index (χ3n) is 1.96. The zero-order valence-corrected chi connectivity index (χ0v) is 7.46. The lowest BCUT2D eigenvalue weighted by molar-refractivity contribution is 0.660. The van der Waals surface area contributed by atoms with Gasteiger partial charge in [-0.15, -0.1) is 11.8 Å². The average molecular weight is 155 g/mol. The molecule has 0 spiro atoms. The summed E-state index contributed by atoms with van der Waals surface area (Å²) in [5.41, 5.74) is 1.38. The molecule has 2 heteroatoms. The van der Waals surface area contributed by atoms with Crippen LogP contribution in [0.15, 0.2) is 23.9 Å². The fourth-order valence-electron chi connectivity index (χ4n) is 0.892. The van der Waals surface area contributed by atoms with Gasteiger partial charge in [-0.1, -0.05) is 6.08 Å². The number of hydrogen-bond acceptors (Lipinski definition) is 2. The summed E-state index contributed by atoms with van der Waals surface area (Å²) in [5.74, 6) is 0. The lowest BCUT2D eigenvalue weighted by atomic mass is 10.1. The number of allylic oxidation sites excluding steroid dienone is 2. The van der Waals surface area contributed by atoms with E-state index in [0.29, 0.717) is 0 Å². The van der Waals surface area contributed by atoms with E-state index < -0.39 is 0 Å². The van der Waals surface area contributed by atoms with E-state index in [0.717, 1.165) is 0 Å². The Labute approximate surface area is 66.6 Å². The van der Waals surface area contributed by atoms with Gasteiger partial charge in [-0.3, -0.25) is 0 Å². The molecule has 0 aromatic carbocycles. The van der Waals surface area contributed by atoms with Crippen molar-refractivity contribution in [2.45, 2.75) is 18.7 Å². The smallest absolute Gasteiger partial charge is 0.101 e. The molecule has 0 saturated heterocycles. The second-order valence-corrected chi connectivity index (χ2v) is 3.82. The summed E-state index contributed by atoms with van der Waals surface area (Å²) in [6.07, 6.45) is 8.29. The van der Waals surface area contributed by atoms with Crippen LogP contribution in [0.3, 0.4) is 0 Å². The minimum atomic E-state index is 0.120. The first kappa shape index (κ1) is 7.73. The van der Waals surface area contributed by atoms with Gasteiger partial charge in [-0.05, 0) is 38.0 Å². The maximum atomic E-state index is 3.31. The molecule has 1 atom stereocenters. The molecule has 0 saturated carbocycles. The molecule has 1 aliphatic rings. The molecular weight excluding hydrogens is 142 g/mol. The fraction of sp³-hybridized carbons (Fsp3) is 0.500. The SMILES string of the molecule is CSC1(C)NC=CC=C1C. The van der Waals surface area contributed by atoms with E-state index in [1.165, 1.54) is 5.57 Å². The summed E-state index contributed by atoms with van der Waals surface area (Å²) in [6.45, 7) is 4.33. The zero-order chi connectivity index (χ0) is 7.61. The summed E-state index contributed by atoms with van der Waals surface area (Å²) in [6, 6.07) is 0. The van der Waals surface area contributed by atoms with E-state index in [1.54, 1.807) is 0 Å². The van der Waals surface area contributed by atoms with Crippen molar-refractivity contribution >= 4 is 11.8 Å². The highest BCUT2D eigenvalue weighted by Gasteiger charge is 2.23. The molecule has 1 unspecified atom stereocenters. The molecule has 1 heterocycles. The number of thioether (sulfide) groups is 1. The second-order valence-electron chi connectivity index (χ2n) is 2.59.